The summed E-state index contributed by atoms with van der Waals surface area (Å²) in [5.74, 6) is -0.326. The molecule has 2 saturated heterocycles. The number of piperidine rings is 1. The third-order valence-corrected chi connectivity index (χ3v) is 8.13. The van der Waals surface area contributed by atoms with Gasteiger partial charge in [-0.05, 0) is 70.3 Å². The van der Waals surface area contributed by atoms with Crippen LogP contribution in [0, 0.1) is 0 Å². The van der Waals surface area contributed by atoms with E-state index >= 15 is 0 Å². The van der Waals surface area contributed by atoms with E-state index in [1.54, 1.807) is 16.4 Å². The number of likely N-dealkylation sites (tertiary alicyclic amines) is 1. The Morgan fingerprint density at radius 3 is 2.59 bits per heavy atom. The van der Waals surface area contributed by atoms with Gasteiger partial charge in [0.1, 0.15) is 6.17 Å². The van der Waals surface area contributed by atoms with Crippen molar-refractivity contribution in [1.82, 2.24) is 13.8 Å². The average Bonchev–Trinajstić information content (AvgIpc) is 3.37. The Balaban J connectivity index is 1.59. The van der Waals surface area contributed by atoms with Gasteiger partial charge in [-0.15, -0.1) is 0 Å². The largest absolute Gasteiger partial charge is 0.366 e. The van der Waals surface area contributed by atoms with Gasteiger partial charge in [-0.25, -0.2) is 8.42 Å². The molecule has 158 valence electrons. The number of rotatable bonds is 7. The molecule has 3 heterocycles. The van der Waals surface area contributed by atoms with E-state index < -0.39 is 15.9 Å². The van der Waals surface area contributed by atoms with Crippen LogP contribution in [0.25, 0.3) is 10.9 Å². The molecule has 0 radical (unpaired) electrons. The van der Waals surface area contributed by atoms with Gasteiger partial charge >= 0.3 is 0 Å². The van der Waals surface area contributed by atoms with Crippen LogP contribution < -0.4 is 5.73 Å². The van der Waals surface area contributed by atoms with Gasteiger partial charge in [-0.1, -0.05) is 12.1 Å². The maximum Gasteiger partial charge on any atom is 0.250 e. The summed E-state index contributed by atoms with van der Waals surface area (Å²) in [6.07, 6.45) is 7.23. The van der Waals surface area contributed by atoms with E-state index in [0.29, 0.717) is 18.5 Å². The lowest BCUT2D eigenvalue weighted by Crippen LogP contribution is -2.42. The Hall–Kier alpha value is -1.90. The SMILES string of the molecule is NC(=O)c1cccc2ccn(C3CCCCN3S(=O)(=O)CCCN3CCCC3)c12. The van der Waals surface area contributed by atoms with Crippen molar-refractivity contribution >= 4 is 26.8 Å². The Bertz CT molecular complexity index is 979. The number of fused-ring (bicyclic) bond motifs is 1. The molecule has 29 heavy (non-hydrogen) atoms. The highest BCUT2D eigenvalue weighted by Crippen LogP contribution is 2.33. The van der Waals surface area contributed by atoms with Crippen LogP contribution in [-0.2, 0) is 10.0 Å². The Morgan fingerprint density at radius 1 is 1.07 bits per heavy atom. The number of benzene rings is 1. The van der Waals surface area contributed by atoms with Gasteiger partial charge in [0.25, 0.3) is 5.91 Å². The highest BCUT2D eigenvalue weighted by Gasteiger charge is 2.34. The molecule has 2 aliphatic heterocycles. The molecule has 0 bridgehead atoms. The first kappa shape index (κ1) is 20.4. The van der Waals surface area contributed by atoms with Crippen LogP contribution in [0.4, 0.5) is 0 Å². The van der Waals surface area contributed by atoms with Crippen molar-refractivity contribution in [2.45, 2.75) is 44.7 Å². The number of hydrogen-bond acceptors (Lipinski definition) is 4. The second kappa shape index (κ2) is 8.45. The highest BCUT2D eigenvalue weighted by molar-refractivity contribution is 7.89. The van der Waals surface area contributed by atoms with Crippen LogP contribution in [-0.4, -0.2) is 60.0 Å². The maximum absolute atomic E-state index is 13.2. The molecule has 8 heteroatoms. The van der Waals surface area contributed by atoms with Crippen molar-refractivity contribution in [1.29, 1.82) is 0 Å². The smallest absolute Gasteiger partial charge is 0.250 e. The second-order valence-electron chi connectivity index (χ2n) is 8.14. The molecule has 0 aliphatic carbocycles. The molecule has 1 unspecified atom stereocenters. The molecular weight excluding hydrogens is 388 g/mol. The van der Waals surface area contributed by atoms with Gasteiger partial charge in [0.15, 0.2) is 0 Å². The average molecular weight is 419 g/mol. The third-order valence-electron chi connectivity index (χ3n) is 6.18. The van der Waals surface area contributed by atoms with Gasteiger partial charge in [0.2, 0.25) is 10.0 Å². The standard InChI is InChI=1S/C21H30N4O3S/c22-21(26)18-8-5-7-17-10-15-24(20(17)18)19-9-1-2-14-25(19)29(27,28)16-6-13-23-11-3-4-12-23/h5,7-8,10,15,19H,1-4,6,9,11-14,16H2,(H2,22,26). The van der Waals surface area contributed by atoms with E-state index in [1.807, 2.05) is 22.9 Å². The van der Waals surface area contributed by atoms with Crippen LogP contribution in [0.3, 0.4) is 0 Å². The molecule has 2 fully saturated rings. The Kier molecular flexibility index (Phi) is 5.94. The van der Waals surface area contributed by atoms with E-state index in [2.05, 4.69) is 4.90 Å². The van der Waals surface area contributed by atoms with Gasteiger partial charge in [0.05, 0.1) is 16.8 Å². The van der Waals surface area contributed by atoms with Gasteiger partial charge in [-0.2, -0.15) is 4.31 Å². The summed E-state index contributed by atoms with van der Waals surface area (Å²) in [6.45, 7) is 3.53. The first-order valence-corrected chi connectivity index (χ1v) is 12.2. The van der Waals surface area contributed by atoms with E-state index in [0.717, 1.165) is 49.8 Å². The molecule has 0 spiro atoms. The highest BCUT2D eigenvalue weighted by atomic mass is 32.2. The number of carbonyl (C=O) groups excluding carboxylic acids is 1. The first-order chi connectivity index (χ1) is 14.0. The van der Waals surface area contributed by atoms with Crippen molar-refractivity contribution in [3.63, 3.8) is 0 Å². The predicted octanol–water partition coefficient (Wildman–Crippen LogP) is 2.54. The van der Waals surface area contributed by atoms with E-state index in [1.165, 1.54) is 12.8 Å². The monoisotopic (exact) mass is 418 g/mol. The fourth-order valence-electron chi connectivity index (χ4n) is 4.75. The summed E-state index contributed by atoms with van der Waals surface area (Å²) in [7, 11) is -3.38. The van der Waals surface area contributed by atoms with E-state index in [9.17, 15) is 13.2 Å². The lowest BCUT2D eigenvalue weighted by atomic mass is 10.1. The van der Waals surface area contributed by atoms with Crippen LogP contribution >= 0.6 is 0 Å². The van der Waals surface area contributed by atoms with Crippen molar-refractivity contribution < 1.29 is 13.2 Å². The predicted molar refractivity (Wildman–Crippen MR) is 114 cm³/mol. The van der Waals surface area contributed by atoms with Crippen LogP contribution in [0.15, 0.2) is 30.5 Å². The minimum absolute atomic E-state index is 0.169. The van der Waals surface area contributed by atoms with Crippen LogP contribution in [0.2, 0.25) is 0 Å². The topological polar surface area (TPSA) is 88.6 Å². The lowest BCUT2D eigenvalue weighted by Gasteiger charge is -2.36. The minimum atomic E-state index is -3.38. The molecule has 2 aliphatic rings. The number of nitrogens with zero attached hydrogens (tertiary/aromatic N) is 3. The minimum Gasteiger partial charge on any atom is -0.366 e. The second-order valence-corrected chi connectivity index (χ2v) is 10.2. The molecule has 1 aromatic carbocycles. The van der Waals surface area contributed by atoms with E-state index in [4.69, 9.17) is 5.73 Å². The molecule has 4 rings (SSSR count). The normalized spacial score (nSPS) is 21.7. The third kappa shape index (κ3) is 4.20. The van der Waals surface area contributed by atoms with Gasteiger partial charge < -0.3 is 15.2 Å². The Labute approximate surface area is 172 Å². The van der Waals surface area contributed by atoms with Crippen molar-refractivity contribution in [3.8, 4) is 0 Å². The fourth-order valence-corrected chi connectivity index (χ4v) is 6.46. The zero-order valence-electron chi connectivity index (χ0n) is 16.8. The van der Waals surface area contributed by atoms with Gasteiger partial charge in [-0.3, -0.25) is 4.79 Å². The number of nitrogens with two attached hydrogens (primary N) is 1. The summed E-state index contributed by atoms with van der Waals surface area (Å²) in [5.41, 5.74) is 6.76. The quantitative estimate of drug-likeness (QED) is 0.748. The molecule has 0 saturated carbocycles. The Morgan fingerprint density at radius 2 is 1.83 bits per heavy atom. The van der Waals surface area contributed by atoms with Crippen LogP contribution in [0.1, 0.15) is 55.0 Å². The zero-order valence-corrected chi connectivity index (χ0v) is 17.6. The number of carbonyl (C=O) groups is 1. The molecule has 2 aromatic rings. The number of aromatic nitrogens is 1. The van der Waals surface area contributed by atoms with Crippen molar-refractivity contribution in [3.05, 3.63) is 36.0 Å². The number of hydrogen-bond donors (Lipinski definition) is 1. The summed E-state index contributed by atoms with van der Waals surface area (Å²) < 4.78 is 30.0. The van der Waals surface area contributed by atoms with E-state index in [-0.39, 0.29) is 11.9 Å². The lowest BCUT2D eigenvalue weighted by molar-refractivity contribution is 0.100. The summed E-state index contributed by atoms with van der Waals surface area (Å²) >= 11 is 0. The van der Waals surface area contributed by atoms with Crippen molar-refractivity contribution in [2.75, 3.05) is 31.9 Å². The maximum atomic E-state index is 13.2. The molecule has 1 amide bonds. The number of para-hydroxylation sites is 1. The van der Waals surface area contributed by atoms with Crippen LogP contribution in [0.5, 0.6) is 0 Å². The zero-order chi connectivity index (χ0) is 20.4. The number of amides is 1. The first-order valence-electron chi connectivity index (χ1n) is 10.6. The molecule has 2 N–H and O–H groups in total. The fraction of sp³-hybridized carbons (Fsp3) is 0.571. The molecular formula is C21H30N4O3S. The number of primary amides is 1. The molecule has 1 atom stereocenters. The molecule has 7 nitrogen and oxygen atoms in total. The summed E-state index contributed by atoms with van der Waals surface area (Å²) in [4.78, 5) is 14.3. The van der Waals surface area contributed by atoms with Gasteiger partial charge in [0, 0.05) is 18.1 Å². The summed E-state index contributed by atoms with van der Waals surface area (Å²) in [5, 5.41) is 0.901. The molecule has 1 aromatic heterocycles. The summed E-state index contributed by atoms with van der Waals surface area (Å²) in [6, 6.07) is 7.37. The number of sulfonamides is 1. The van der Waals surface area contributed by atoms with Crippen molar-refractivity contribution in [2.24, 2.45) is 5.73 Å².